The number of hydrogen-bond donors (Lipinski definition) is 1. The van der Waals surface area contributed by atoms with E-state index in [1.165, 1.54) is 0 Å². The van der Waals surface area contributed by atoms with E-state index >= 15 is 0 Å². The number of carbonyl (C=O) groups excluding carboxylic acids is 2. The number of nitrogens with two attached hydrogens (primary N) is 1. The average Bonchev–Trinajstić information content (AvgIpc) is 2.11. The van der Waals surface area contributed by atoms with Gasteiger partial charge >= 0.3 is 86.5 Å². The zero-order chi connectivity index (χ0) is 9.56. The Morgan fingerprint density at radius 2 is 1.85 bits per heavy atom. The van der Waals surface area contributed by atoms with Crippen molar-refractivity contribution in [3.63, 3.8) is 0 Å². The van der Waals surface area contributed by atoms with Crippen LogP contribution in [0.2, 0.25) is 0 Å². The first kappa shape index (κ1) is 15.7. The van der Waals surface area contributed by atoms with Gasteiger partial charge in [-0.3, -0.25) is 0 Å². The summed E-state index contributed by atoms with van der Waals surface area (Å²) in [6.45, 7) is 0. The molecule has 13 heavy (non-hydrogen) atoms. The zero-order valence-corrected chi connectivity index (χ0v) is 8.91. The molecule has 0 saturated heterocycles. The van der Waals surface area contributed by atoms with E-state index < -0.39 is 18.0 Å². The first-order chi connectivity index (χ1) is 5.61. The normalized spacial score (nSPS) is 11.2. The van der Waals surface area contributed by atoms with Crippen molar-refractivity contribution in [3.8, 4) is 0 Å². The molecule has 0 aromatic rings. The fourth-order valence-corrected chi connectivity index (χ4v) is 0.706. The Bertz CT molecular complexity index is 180. The Balaban J connectivity index is 0. The summed E-state index contributed by atoms with van der Waals surface area (Å²) in [5.74, 6) is -1.36. The molecule has 0 fully saturated rings. The molecule has 0 saturated carbocycles. The molecule has 0 bridgehead atoms. The van der Waals surface area contributed by atoms with Crippen molar-refractivity contribution >= 4 is 24.3 Å². The van der Waals surface area contributed by atoms with Crippen molar-refractivity contribution in [2.24, 2.45) is 5.73 Å². The Morgan fingerprint density at radius 3 is 2.23 bits per heavy atom. The molecular weight excluding hydrogens is 301 g/mol. The van der Waals surface area contributed by atoms with E-state index in [0.717, 1.165) is 0 Å². The van der Waals surface area contributed by atoms with Gasteiger partial charge in [0.1, 0.15) is 0 Å². The molecule has 0 aliphatic carbocycles. The van der Waals surface area contributed by atoms with E-state index in [1.54, 1.807) is 0 Å². The van der Waals surface area contributed by atoms with Crippen LogP contribution < -0.4 is 5.73 Å². The molecule has 0 heterocycles. The van der Waals surface area contributed by atoms with E-state index in [0.29, 0.717) is 0 Å². The molecule has 5 nitrogen and oxygen atoms in total. The van der Waals surface area contributed by atoms with Crippen molar-refractivity contribution in [3.05, 3.63) is 0 Å². The third kappa shape index (κ3) is 7.31. The minimum absolute atomic E-state index is 0. The van der Waals surface area contributed by atoms with Gasteiger partial charge in [0.05, 0.1) is 0 Å². The number of rotatable bonds is 4. The maximum absolute atomic E-state index is 10.6. The van der Waals surface area contributed by atoms with Crippen LogP contribution in [0.5, 0.6) is 0 Å². The topological polar surface area (TPSA) is 78.6 Å². The van der Waals surface area contributed by atoms with Gasteiger partial charge in [-0.2, -0.15) is 0 Å². The van der Waals surface area contributed by atoms with E-state index in [4.69, 9.17) is 5.73 Å². The molecule has 0 spiro atoms. The van der Waals surface area contributed by atoms with E-state index in [2.05, 4.69) is 40.3 Å². The standard InChI is InChI=1S/C5H9NO4.ClH.2Cu/c6-3(5(9)10)1-2-4(7)8;;;/h3H,1-2,6H2,(H,7,8)(H,9,10);1H;;/q;;2*+1/p-2/t3-;;;/m0.../s1. The molecule has 0 rings (SSSR count). The average molecular weight is 309 g/mol. The summed E-state index contributed by atoms with van der Waals surface area (Å²) in [5.41, 5.74) is 5.24. The van der Waals surface area contributed by atoms with Crippen LogP contribution in [0.1, 0.15) is 12.8 Å². The second kappa shape index (κ2) is 8.81. The van der Waals surface area contributed by atoms with Gasteiger partial charge in [-0.05, 0) is 0 Å². The van der Waals surface area contributed by atoms with Crippen LogP contribution in [0.25, 0.3) is 0 Å². The first-order valence-corrected chi connectivity index (χ1v) is 3.72. The van der Waals surface area contributed by atoms with Crippen LogP contribution in [0.4, 0.5) is 0 Å². The molecule has 86 valence electrons. The van der Waals surface area contributed by atoms with Gasteiger partial charge < -0.3 is 0 Å². The van der Waals surface area contributed by atoms with Crippen LogP contribution in [0, 0.1) is 0 Å². The molecule has 0 aromatic carbocycles. The molecule has 0 aromatic heterocycles. The predicted molar refractivity (Wildman–Crippen MR) is 36.6 cm³/mol. The van der Waals surface area contributed by atoms with Gasteiger partial charge in [0.25, 0.3) is 0 Å². The minimum atomic E-state index is -0.900. The molecule has 0 aliphatic rings. The monoisotopic (exact) mass is 307 g/mol. The molecule has 0 amide bonds. The summed E-state index contributed by atoms with van der Waals surface area (Å²) < 4.78 is 7.80. The Kier molecular flexibility index (Phi) is 10.6. The molecule has 0 radical (unpaired) electrons. The van der Waals surface area contributed by atoms with Crippen LogP contribution in [0.3, 0.4) is 0 Å². The third-order valence-electron chi connectivity index (χ3n) is 1.09. The molecule has 2 N–H and O–H groups in total. The summed E-state index contributed by atoms with van der Waals surface area (Å²) in [6.07, 6.45) is 0.0831. The van der Waals surface area contributed by atoms with Crippen LogP contribution >= 0.6 is 12.4 Å². The van der Waals surface area contributed by atoms with E-state index in [1.807, 2.05) is 0 Å². The SMILES string of the molecule is Cl.N[C@@H](CCC(=O)[O][Cu])C(=O)[O][Cu]. The quantitative estimate of drug-likeness (QED) is 0.710. The zero-order valence-electron chi connectivity index (χ0n) is 6.21. The first-order valence-electron chi connectivity index (χ1n) is 2.95. The Hall–Kier alpha value is 0.229. The van der Waals surface area contributed by atoms with Crippen molar-refractivity contribution in [1.82, 2.24) is 0 Å². The fraction of sp³-hybridized carbons (Fsp3) is 0.600. The molecule has 8 heteroatoms. The number of halogens is 1. The Morgan fingerprint density at radius 1 is 1.31 bits per heavy atom. The van der Waals surface area contributed by atoms with Crippen molar-refractivity contribution in [2.75, 3.05) is 0 Å². The molecule has 0 unspecified atom stereocenters. The number of hydrogen-bond acceptors (Lipinski definition) is 5. The van der Waals surface area contributed by atoms with Crippen LogP contribution in [-0.4, -0.2) is 18.0 Å². The number of carbonyl (C=O) groups is 2. The van der Waals surface area contributed by atoms with Gasteiger partial charge in [0, 0.05) is 0 Å². The van der Waals surface area contributed by atoms with Crippen LogP contribution in [-0.2, 0) is 49.9 Å². The second-order valence-electron chi connectivity index (χ2n) is 1.96. The summed E-state index contributed by atoms with van der Waals surface area (Å²) in [6, 6.07) is -0.900. The van der Waals surface area contributed by atoms with Gasteiger partial charge in [0.15, 0.2) is 0 Å². The summed E-state index contributed by atoms with van der Waals surface area (Å²) in [5, 5.41) is 0. The fourth-order valence-electron chi connectivity index (χ4n) is 0.468. The maximum atomic E-state index is 10.6. The summed E-state index contributed by atoms with van der Waals surface area (Å²) in [7, 11) is 0. The molecule has 1 atom stereocenters. The van der Waals surface area contributed by atoms with Gasteiger partial charge in [-0.15, -0.1) is 12.4 Å². The Labute approximate surface area is 98.8 Å². The predicted octanol–water partition coefficient (Wildman–Crippen LogP) is -0.474. The summed E-state index contributed by atoms with van der Waals surface area (Å²) in [4.78, 5) is 21.0. The molecule has 0 aliphatic heterocycles. The summed E-state index contributed by atoms with van der Waals surface area (Å²) >= 11 is 8.26. The third-order valence-corrected chi connectivity index (χ3v) is 1.50. The van der Waals surface area contributed by atoms with Crippen LogP contribution in [0.15, 0.2) is 0 Å². The van der Waals surface area contributed by atoms with Crippen molar-refractivity contribution in [2.45, 2.75) is 18.9 Å². The van der Waals surface area contributed by atoms with Crippen molar-refractivity contribution in [1.29, 1.82) is 0 Å². The van der Waals surface area contributed by atoms with Gasteiger partial charge in [-0.25, -0.2) is 0 Å². The second-order valence-corrected chi connectivity index (χ2v) is 2.34. The van der Waals surface area contributed by atoms with Crippen molar-refractivity contribution < 1.29 is 49.9 Å². The van der Waals surface area contributed by atoms with Gasteiger partial charge in [0.2, 0.25) is 0 Å². The van der Waals surface area contributed by atoms with E-state index in [-0.39, 0.29) is 25.2 Å². The van der Waals surface area contributed by atoms with Gasteiger partial charge in [-0.1, -0.05) is 0 Å². The van der Waals surface area contributed by atoms with E-state index in [9.17, 15) is 9.59 Å². The molecular formula is C5H8ClCu2NO4.